The van der Waals surface area contributed by atoms with Gasteiger partial charge in [-0.2, -0.15) is 0 Å². The minimum atomic E-state index is -0.301. The van der Waals surface area contributed by atoms with Gasteiger partial charge in [0.2, 0.25) is 0 Å². The minimum Gasteiger partial charge on any atom is -0.467 e. The van der Waals surface area contributed by atoms with Crippen molar-refractivity contribution in [2.45, 2.75) is 37.8 Å². The van der Waals surface area contributed by atoms with Crippen LogP contribution in [0.1, 0.15) is 25.7 Å². The predicted octanol–water partition coefficient (Wildman–Crippen LogP) is 0.707. The van der Waals surface area contributed by atoms with Crippen LogP contribution in [-0.2, 0) is 14.3 Å². The van der Waals surface area contributed by atoms with Crippen LogP contribution >= 0.6 is 0 Å². The number of esters is 1. The summed E-state index contributed by atoms with van der Waals surface area (Å²) in [6, 6.07) is 0.383. The summed E-state index contributed by atoms with van der Waals surface area (Å²) < 4.78 is 10.0. The number of ether oxygens (including phenoxy) is 2. The molecule has 0 radical (unpaired) electrons. The van der Waals surface area contributed by atoms with Crippen molar-refractivity contribution in [3.63, 3.8) is 0 Å². The molecule has 1 aliphatic rings. The third-order valence-electron chi connectivity index (χ3n) is 2.72. The van der Waals surface area contributed by atoms with E-state index in [1.165, 1.54) is 20.0 Å². The molecule has 0 bridgehead atoms. The summed E-state index contributed by atoms with van der Waals surface area (Å²) in [5, 5.41) is 3.22. The Balaban J connectivity index is 2.29. The second kappa shape index (κ2) is 5.98. The van der Waals surface area contributed by atoms with Crippen molar-refractivity contribution in [3.05, 3.63) is 0 Å². The van der Waals surface area contributed by atoms with Gasteiger partial charge in [-0.1, -0.05) is 12.8 Å². The van der Waals surface area contributed by atoms with Crippen molar-refractivity contribution in [2.75, 3.05) is 20.8 Å². The number of carbonyl (C=O) groups is 1. The molecule has 1 saturated carbocycles. The molecular weight excluding hydrogens is 182 g/mol. The van der Waals surface area contributed by atoms with Crippen LogP contribution in [0, 0.1) is 0 Å². The van der Waals surface area contributed by atoms with E-state index in [2.05, 4.69) is 10.1 Å². The second-order valence-electron chi connectivity index (χ2n) is 3.61. The van der Waals surface area contributed by atoms with E-state index in [4.69, 9.17) is 4.74 Å². The van der Waals surface area contributed by atoms with Gasteiger partial charge in [-0.3, -0.25) is 0 Å². The first kappa shape index (κ1) is 11.5. The van der Waals surface area contributed by atoms with E-state index in [9.17, 15) is 4.79 Å². The van der Waals surface area contributed by atoms with Crippen LogP contribution in [0.4, 0.5) is 0 Å². The van der Waals surface area contributed by atoms with E-state index in [1.54, 1.807) is 0 Å². The first-order chi connectivity index (χ1) is 6.77. The van der Waals surface area contributed by atoms with Crippen LogP contribution in [0.3, 0.4) is 0 Å². The van der Waals surface area contributed by atoms with Crippen LogP contribution in [0.2, 0.25) is 0 Å². The molecule has 0 aromatic carbocycles. The molecule has 0 aliphatic heterocycles. The van der Waals surface area contributed by atoms with E-state index >= 15 is 0 Å². The third-order valence-corrected chi connectivity index (χ3v) is 2.72. The zero-order chi connectivity index (χ0) is 10.4. The number of methoxy groups -OCH3 is 1. The highest BCUT2D eigenvalue weighted by molar-refractivity contribution is 5.70. The zero-order valence-electron chi connectivity index (χ0n) is 8.91. The smallest absolute Gasteiger partial charge is 0.331 e. The molecule has 0 heterocycles. The van der Waals surface area contributed by atoms with Crippen LogP contribution in [0.15, 0.2) is 0 Å². The highest BCUT2D eigenvalue weighted by Crippen LogP contribution is 2.20. The Morgan fingerprint density at radius 3 is 2.79 bits per heavy atom. The molecule has 2 unspecified atom stereocenters. The molecule has 1 fully saturated rings. The van der Waals surface area contributed by atoms with E-state index in [-0.39, 0.29) is 18.7 Å². The molecule has 0 aromatic rings. The Morgan fingerprint density at radius 1 is 1.43 bits per heavy atom. The Bertz CT molecular complexity index is 184. The number of carbonyl (C=O) groups excluding carboxylic acids is 1. The summed E-state index contributed by atoms with van der Waals surface area (Å²) in [6.45, 7) is 0.0688. The summed E-state index contributed by atoms with van der Waals surface area (Å²) in [7, 11) is 3.31. The van der Waals surface area contributed by atoms with Gasteiger partial charge in [-0.05, 0) is 19.9 Å². The van der Waals surface area contributed by atoms with Crippen molar-refractivity contribution >= 4 is 5.97 Å². The van der Waals surface area contributed by atoms with E-state index in [0.29, 0.717) is 6.04 Å². The molecule has 4 heteroatoms. The lowest BCUT2D eigenvalue weighted by atomic mass is 9.92. The number of hydrogen-bond acceptors (Lipinski definition) is 4. The Morgan fingerprint density at radius 2 is 2.14 bits per heavy atom. The van der Waals surface area contributed by atoms with Gasteiger partial charge in [0.05, 0.1) is 13.2 Å². The topological polar surface area (TPSA) is 47.6 Å². The average molecular weight is 201 g/mol. The molecule has 0 amide bonds. The van der Waals surface area contributed by atoms with Crippen molar-refractivity contribution < 1.29 is 14.3 Å². The highest BCUT2D eigenvalue weighted by atomic mass is 16.6. The minimum absolute atomic E-state index is 0.0688. The maximum Gasteiger partial charge on any atom is 0.331 e. The summed E-state index contributed by atoms with van der Waals surface area (Å²) in [5.74, 6) is -0.301. The molecule has 2 atom stereocenters. The molecule has 14 heavy (non-hydrogen) atoms. The first-order valence-electron chi connectivity index (χ1n) is 5.13. The number of rotatable bonds is 4. The summed E-state index contributed by atoms with van der Waals surface area (Å²) in [6.07, 6.45) is 4.74. The summed E-state index contributed by atoms with van der Waals surface area (Å²) in [5.41, 5.74) is 0. The fourth-order valence-corrected chi connectivity index (χ4v) is 1.86. The SMILES string of the molecule is CNC1CCCCC1OCC(=O)OC. The van der Waals surface area contributed by atoms with E-state index in [0.717, 1.165) is 12.8 Å². The van der Waals surface area contributed by atoms with Gasteiger partial charge in [-0.25, -0.2) is 4.79 Å². The molecule has 4 nitrogen and oxygen atoms in total. The van der Waals surface area contributed by atoms with Crippen LogP contribution in [-0.4, -0.2) is 38.9 Å². The molecule has 0 aromatic heterocycles. The van der Waals surface area contributed by atoms with Crippen molar-refractivity contribution in [3.8, 4) is 0 Å². The fraction of sp³-hybridized carbons (Fsp3) is 0.900. The lowest BCUT2D eigenvalue weighted by Crippen LogP contribution is -2.42. The van der Waals surface area contributed by atoms with Crippen LogP contribution in [0.5, 0.6) is 0 Å². The van der Waals surface area contributed by atoms with Crippen LogP contribution < -0.4 is 5.32 Å². The molecule has 82 valence electrons. The zero-order valence-corrected chi connectivity index (χ0v) is 8.91. The first-order valence-corrected chi connectivity index (χ1v) is 5.13. The maximum absolute atomic E-state index is 10.9. The van der Waals surface area contributed by atoms with Gasteiger partial charge in [-0.15, -0.1) is 0 Å². The second-order valence-corrected chi connectivity index (χ2v) is 3.61. The van der Waals surface area contributed by atoms with Gasteiger partial charge in [0.25, 0.3) is 0 Å². The summed E-state index contributed by atoms with van der Waals surface area (Å²) >= 11 is 0. The third kappa shape index (κ3) is 3.27. The predicted molar refractivity (Wildman–Crippen MR) is 53.1 cm³/mol. The average Bonchev–Trinajstić information content (AvgIpc) is 2.26. The van der Waals surface area contributed by atoms with Crippen molar-refractivity contribution in [1.29, 1.82) is 0 Å². The fourth-order valence-electron chi connectivity index (χ4n) is 1.86. The van der Waals surface area contributed by atoms with Gasteiger partial charge in [0, 0.05) is 6.04 Å². The lowest BCUT2D eigenvalue weighted by molar-refractivity contribution is -0.149. The van der Waals surface area contributed by atoms with Gasteiger partial charge >= 0.3 is 5.97 Å². The lowest BCUT2D eigenvalue weighted by Gasteiger charge is -2.30. The molecular formula is C10H19NO3. The van der Waals surface area contributed by atoms with E-state index in [1.807, 2.05) is 7.05 Å². The molecule has 0 spiro atoms. The van der Waals surface area contributed by atoms with Crippen LogP contribution in [0.25, 0.3) is 0 Å². The Hall–Kier alpha value is -0.610. The molecule has 1 aliphatic carbocycles. The van der Waals surface area contributed by atoms with E-state index < -0.39 is 0 Å². The Labute approximate surface area is 85.0 Å². The van der Waals surface area contributed by atoms with Gasteiger partial charge < -0.3 is 14.8 Å². The largest absolute Gasteiger partial charge is 0.467 e. The van der Waals surface area contributed by atoms with Gasteiger partial charge in [0.15, 0.2) is 0 Å². The molecule has 1 N–H and O–H groups in total. The molecule has 0 saturated heterocycles. The summed E-state index contributed by atoms with van der Waals surface area (Å²) in [4.78, 5) is 10.9. The van der Waals surface area contributed by atoms with Crippen molar-refractivity contribution in [1.82, 2.24) is 5.32 Å². The Kier molecular flexibility index (Phi) is 4.90. The number of likely N-dealkylation sites (N-methyl/N-ethyl adjacent to an activating group) is 1. The van der Waals surface area contributed by atoms with Crippen molar-refractivity contribution in [2.24, 2.45) is 0 Å². The molecule has 1 rings (SSSR count). The highest BCUT2D eigenvalue weighted by Gasteiger charge is 2.24. The quantitative estimate of drug-likeness (QED) is 0.680. The van der Waals surface area contributed by atoms with Gasteiger partial charge in [0.1, 0.15) is 6.61 Å². The standard InChI is InChI=1S/C10H19NO3/c1-11-8-5-3-4-6-9(8)14-7-10(12)13-2/h8-9,11H,3-7H2,1-2H3. The monoisotopic (exact) mass is 201 g/mol. The maximum atomic E-state index is 10.9. The number of hydrogen-bond donors (Lipinski definition) is 1. The normalized spacial score (nSPS) is 27.3. The number of nitrogens with one attached hydrogen (secondary N) is 1.